The van der Waals surface area contributed by atoms with Gasteiger partial charge < -0.3 is 10.1 Å². The summed E-state index contributed by atoms with van der Waals surface area (Å²) in [4.78, 5) is 8.22. The van der Waals surface area contributed by atoms with Crippen molar-refractivity contribution in [3.8, 4) is 5.75 Å². The van der Waals surface area contributed by atoms with Crippen molar-refractivity contribution in [3.05, 3.63) is 40.8 Å². The molecule has 0 aliphatic heterocycles. The molecule has 0 fully saturated rings. The lowest BCUT2D eigenvalue weighted by molar-refractivity contribution is 0.410. The van der Waals surface area contributed by atoms with Gasteiger partial charge in [0.15, 0.2) is 9.84 Å². The number of hydrogen-bond acceptors (Lipinski definition) is 6. The molecule has 1 N–H and O–H groups in total. The third-order valence-corrected chi connectivity index (χ3v) is 4.36. The molecule has 1 aromatic carbocycles. The number of nitrogens with zero attached hydrogens (tertiary/aromatic N) is 2. The smallest absolute Gasteiger partial charge is 0.224 e. The van der Waals surface area contributed by atoms with Crippen LogP contribution in [0, 0.1) is 6.92 Å². The van der Waals surface area contributed by atoms with Gasteiger partial charge in [-0.3, -0.25) is 0 Å². The largest absolute Gasteiger partial charge is 0.496 e. The molecule has 2 rings (SSSR count). The Morgan fingerprint density at radius 2 is 2.09 bits per heavy atom. The van der Waals surface area contributed by atoms with Gasteiger partial charge in [-0.15, -0.1) is 0 Å². The molecule has 1 aromatic heterocycles. The predicted octanol–water partition coefficient (Wildman–Crippen LogP) is 2.46. The minimum Gasteiger partial charge on any atom is -0.496 e. The summed E-state index contributed by atoms with van der Waals surface area (Å²) < 4.78 is 28.6. The Hall–Kier alpha value is -1.86. The molecule has 0 spiro atoms. The first-order valence-electron chi connectivity index (χ1n) is 6.41. The molecule has 0 radical (unpaired) electrons. The number of methoxy groups -OCH3 is 1. The lowest BCUT2D eigenvalue weighted by Gasteiger charge is -2.12. The van der Waals surface area contributed by atoms with Crippen molar-refractivity contribution in [1.29, 1.82) is 0 Å². The molecular weight excluding hydrogens is 326 g/mol. The molecule has 0 atom stereocenters. The molecule has 0 bridgehead atoms. The van der Waals surface area contributed by atoms with Crippen LogP contribution in [-0.2, 0) is 16.4 Å². The van der Waals surface area contributed by atoms with Crippen LogP contribution in [0.4, 0.5) is 5.82 Å². The Morgan fingerprint density at radius 3 is 2.73 bits per heavy atom. The van der Waals surface area contributed by atoms with E-state index in [0.29, 0.717) is 23.7 Å². The number of aromatic nitrogens is 2. The van der Waals surface area contributed by atoms with Gasteiger partial charge >= 0.3 is 0 Å². The molecule has 0 aliphatic rings. The van der Waals surface area contributed by atoms with Crippen LogP contribution in [0.2, 0.25) is 5.28 Å². The van der Waals surface area contributed by atoms with Crippen molar-refractivity contribution in [2.75, 3.05) is 18.7 Å². The first-order valence-corrected chi connectivity index (χ1v) is 8.68. The van der Waals surface area contributed by atoms with Crippen LogP contribution in [0.15, 0.2) is 29.3 Å². The summed E-state index contributed by atoms with van der Waals surface area (Å²) in [5.41, 5.74) is 1.54. The zero-order valence-electron chi connectivity index (χ0n) is 12.4. The highest BCUT2D eigenvalue weighted by atomic mass is 35.5. The number of nitrogens with one attached hydrogen (secondary N) is 1. The first-order chi connectivity index (χ1) is 10.3. The number of sulfone groups is 1. The summed E-state index contributed by atoms with van der Waals surface area (Å²) in [6.07, 6.45) is 2.78. The number of anilines is 1. The van der Waals surface area contributed by atoms with Crippen LogP contribution in [0.5, 0.6) is 5.75 Å². The maximum Gasteiger partial charge on any atom is 0.224 e. The van der Waals surface area contributed by atoms with Gasteiger partial charge in [0.1, 0.15) is 11.6 Å². The van der Waals surface area contributed by atoms with E-state index in [2.05, 4.69) is 15.3 Å². The molecule has 0 amide bonds. The average molecular weight is 342 g/mol. The van der Waals surface area contributed by atoms with Gasteiger partial charge in [0.05, 0.1) is 12.0 Å². The predicted molar refractivity (Wildman–Crippen MR) is 85.2 cm³/mol. The summed E-state index contributed by atoms with van der Waals surface area (Å²) in [5.74, 6) is 1.18. The van der Waals surface area contributed by atoms with E-state index in [1.807, 2.05) is 6.92 Å². The normalized spacial score (nSPS) is 11.3. The molecule has 2 aromatic rings. The topological polar surface area (TPSA) is 81.2 Å². The Balaban J connectivity index is 2.30. The van der Waals surface area contributed by atoms with Crippen molar-refractivity contribution in [2.45, 2.75) is 18.4 Å². The van der Waals surface area contributed by atoms with Gasteiger partial charge in [0, 0.05) is 30.1 Å². The fourth-order valence-electron chi connectivity index (χ4n) is 1.90. The lowest BCUT2D eigenvalue weighted by atomic mass is 10.2. The fourth-order valence-corrected chi connectivity index (χ4v) is 2.71. The molecule has 1 heterocycles. The standard InChI is InChI=1S/C14H16ClN3O3S/c1-9-7-17-14(15)18-13(9)16-8-10-6-11(22(3,19)20)4-5-12(10)21-2/h4-7H,8H2,1-3H3,(H,16,17,18). The van der Waals surface area contributed by atoms with Crippen LogP contribution >= 0.6 is 11.6 Å². The third kappa shape index (κ3) is 3.86. The molecule has 22 heavy (non-hydrogen) atoms. The van der Waals surface area contributed by atoms with Crippen molar-refractivity contribution >= 4 is 27.3 Å². The van der Waals surface area contributed by atoms with Crippen molar-refractivity contribution < 1.29 is 13.2 Å². The van der Waals surface area contributed by atoms with Crippen LogP contribution in [0.1, 0.15) is 11.1 Å². The fraction of sp³-hybridized carbons (Fsp3) is 0.286. The monoisotopic (exact) mass is 341 g/mol. The van der Waals surface area contributed by atoms with E-state index in [0.717, 1.165) is 5.56 Å². The highest BCUT2D eigenvalue weighted by molar-refractivity contribution is 7.90. The third-order valence-electron chi connectivity index (χ3n) is 3.07. The van der Waals surface area contributed by atoms with Crippen molar-refractivity contribution in [3.63, 3.8) is 0 Å². The lowest BCUT2D eigenvalue weighted by Crippen LogP contribution is -2.07. The second-order valence-corrected chi connectivity index (χ2v) is 7.12. The molecule has 6 nitrogen and oxygen atoms in total. The molecule has 0 aliphatic carbocycles. The van der Waals surface area contributed by atoms with Crippen molar-refractivity contribution in [1.82, 2.24) is 9.97 Å². The highest BCUT2D eigenvalue weighted by Gasteiger charge is 2.12. The maximum absolute atomic E-state index is 11.7. The Labute approximate surface area is 134 Å². The number of ether oxygens (including phenoxy) is 1. The Bertz CT molecular complexity index is 794. The van der Waals surface area contributed by atoms with E-state index in [1.54, 1.807) is 18.3 Å². The van der Waals surface area contributed by atoms with E-state index in [1.165, 1.54) is 19.4 Å². The molecule has 0 unspecified atom stereocenters. The van der Waals surface area contributed by atoms with E-state index < -0.39 is 9.84 Å². The van der Waals surface area contributed by atoms with E-state index in [4.69, 9.17) is 16.3 Å². The molecule has 0 saturated carbocycles. The number of halogens is 1. The number of aryl methyl sites for hydroxylation is 1. The van der Waals surface area contributed by atoms with E-state index in [9.17, 15) is 8.42 Å². The Morgan fingerprint density at radius 1 is 1.36 bits per heavy atom. The minimum absolute atomic E-state index is 0.143. The van der Waals surface area contributed by atoms with E-state index >= 15 is 0 Å². The van der Waals surface area contributed by atoms with Gasteiger partial charge in [-0.1, -0.05) is 0 Å². The zero-order valence-corrected chi connectivity index (χ0v) is 14.0. The van der Waals surface area contributed by atoms with Crippen LogP contribution in [0.3, 0.4) is 0 Å². The molecule has 118 valence electrons. The van der Waals surface area contributed by atoms with Crippen LogP contribution in [-0.4, -0.2) is 31.8 Å². The minimum atomic E-state index is -3.28. The molecule has 8 heteroatoms. The first kappa shape index (κ1) is 16.5. The zero-order chi connectivity index (χ0) is 16.3. The van der Waals surface area contributed by atoms with Gasteiger partial charge in [-0.25, -0.2) is 18.4 Å². The number of benzene rings is 1. The maximum atomic E-state index is 11.7. The summed E-state index contributed by atoms with van der Waals surface area (Å²) in [6, 6.07) is 4.73. The second-order valence-electron chi connectivity index (χ2n) is 4.77. The van der Waals surface area contributed by atoms with Gasteiger partial charge in [0.2, 0.25) is 5.28 Å². The van der Waals surface area contributed by atoms with Gasteiger partial charge in [-0.05, 0) is 36.7 Å². The highest BCUT2D eigenvalue weighted by Crippen LogP contribution is 2.24. The molecule has 0 saturated heterocycles. The summed E-state index contributed by atoms with van der Waals surface area (Å²) in [5, 5.41) is 3.26. The number of rotatable bonds is 5. The molecular formula is C14H16ClN3O3S. The number of hydrogen-bond donors (Lipinski definition) is 1. The summed E-state index contributed by atoms with van der Waals surface area (Å²) >= 11 is 5.78. The van der Waals surface area contributed by atoms with Crippen molar-refractivity contribution in [2.24, 2.45) is 0 Å². The average Bonchev–Trinajstić information content (AvgIpc) is 2.47. The van der Waals surface area contributed by atoms with Crippen LogP contribution in [0.25, 0.3) is 0 Å². The van der Waals surface area contributed by atoms with E-state index in [-0.39, 0.29) is 10.2 Å². The van der Waals surface area contributed by atoms with Gasteiger partial charge in [-0.2, -0.15) is 0 Å². The summed E-state index contributed by atoms with van der Waals surface area (Å²) in [6.45, 7) is 2.20. The Kier molecular flexibility index (Phi) is 4.87. The quantitative estimate of drug-likeness (QED) is 0.841. The summed E-state index contributed by atoms with van der Waals surface area (Å²) in [7, 11) is -1.74. The van der Waals surface area contributed by atoms with Crippen LogP contribution < -0.4 is 10.1 Å². The SMILES string of the molecule is COc1ccc(S(C)(=O)=O)cc1CNc1nc(Cl)ncc1C. The van der Waals surface area contributed by atoms with Gasteiger partial charge in [0.25, 0.3) is 0 Å². The second kappa shape index (κ2) is 6.50.